The Labute approximate surface area is 232 Å². The van der Waals surface area contributed by atoms with E-state index in [1.165, 1.54) is 27.4 Å². The third-order valence-corrected chi connectivity index (χ3v) is 6.37. The van der Waals surface area contributed by atoms with Crippen LogP contribution in [0.25, 0.3) is 0 Å². The topological polar surface area (TPSA) is 132 Å². The van der Waals surface area contributed by atoms with Crippen LogP contribution in [0.5, 0.6) is 0 Å². The minimum Gasteiger partial charge on any atom is -0.391 e. The molecule has 2 aromatic heterocycles. The predicted octanol–water partition coefficient (Wildman–Crippen LogP) is 2.96. The molecule has 11 nitrogen and oxygen atoms in total. The van der Waals surface area contributed by atoms with Crippen molar-refractivity contribution in [1.29, 1.82) is 0 Å². The van der Waals surface area contributed by atoms with Crippen LogP contribution in [-0.4, -0.2) is 73.3 Å². The Morgan fingerprint density at radius 2 is 1.45 bits per heavy atom. The number of hydroxylamine groups is 1. The van der Waals surface area contributed by atoms with Crippen molar-refractivity contribution in [2.45, 2.75) is 31.8 Å². The monoisotopic (exact) mass is 544 g/mol. The van der Waals surface area contributed by atoms with E-state index in [0.717, 1.165) is 23.3 Å². The molecule has 2 aromatic carbocycles. The molecular weight excluding hydrogens is 512 g/mol. The van der Waals surface area contributed by atoms with E-state index in [0.29, 0.717) is 30.6 Å². The third-order valence-electron chi connectivity index (χ3n) is 6.37. The van der Waals surface area contributed by atoms with Crippen molar-refractivity contribution in [3.63, 3.8) is 0 Å². The van der Waals surface area contributed by atoms with E-state index in [9.17, 15) is 19.5 Å². The number of benzene rings is 2. The lowest BCUT2D eigenvalue weighted by atomic mass is 10.0. The fraction of sp³-hybridized carbons (Fsp3) is 0.276. The second-order valence-corrected chi connectivity index (χ2v) is 9.15. The molecule has 5 rings (SSSR count). The van der Waals surface area contributed by atoms with Crippen LogP contribution in [0.3, 0.4) is 0 Å². The van der Waals surface area contributed by atoms with Crippen LogP contribution >= 0.6 is 0 Å². The standard InChI is InChI=1S/C22H26N2O4.C7H6N4O/c1-23-28-14-4-5-16-8-10-17(11-9-16)12-13-18(25)15-24-21(26)19-6-2-3-7-20(19)22(24)27;12-7(10-3-1-8-5-10)11-4-2-9-6-11/h2-3,6-11,18,23,25H,4-5,12-15H2,1H3;1-6H/t18-;/m1./s1. The number of β-amino-alcohol motifs (C(OH)–C–C–N with tert-alkyl or cyclic N) is 1. The van der Waals surface area contributed by atoms with Gasteiger partial charge in [0.15, 0.2) is 0 Å². The highest BCUT2D eigenvalue weighted by Crippen LogP contribution is 2.23. The Morgan fingerprint density at radius 3 is 1.95 bits per heavy atom. The molecule has 208 valence electrons. The van der Waals surface area contributed by atoms with E-state index < -0.39 is 6.10 Å². The molecule has 40 heavy (non-hydrogen) atoms. The molecule has 2 N–H and O–H groups in total. The molecule has 3 heterocycles. The van der Waals surface area contributed by atoms with E-state index >= 15 is 0 Å². The molecule has 0 aliphatic carbocycles. The molecule has 0 saturated carbocycles. The first-order valence-corrected chi connectivity index (χ1v) is 13.0. The summed E-state index contributed by atoms with van der Waals surface area (Å²) in [5.41, 5.74) is 5.85. The molecule has 0 unspecified atom stereocenters. The van der Waals surface area contributed by atoms with Crippen LogP contribution in [0.4, 0.5) is 4.79 Å². The lowest BCUT2D eigenvalue weighted by molar-refractivity contribution is 0.0533. The van der Waals surface area contributed by atoms with Crippen molar-refractivity contribution in [2.75, 3.05) is 20.2 Å². The first-order valence-electron chi connectivity index (χ1n) is 13.0. The van der Waals surface area contributed by atoms with E-state index in [1.54, 1.807) is 56.1 Å². The van der Waals surface area contributed by atoms with Gasteiger partial charge in [-0.05, 0) is 48.9 Å². The minimum atomic E-state index is -0.749. The fourth-order valence-electron chi connectivity index (χ4n) is 4.24. The maximum atomic E-state index is 12.4. The number of rotatable bonds is 10. The number of amides is 2. The van der Waals surface area contributed by atoms with Gasteiger partial charge >= 0.3 is 6.03 Å². The number of aromatic nitrogens is 4. The van der Waals surface area contributed by atoms with Gasteiger partial charge in [-0.25, -0.2) is 20.2 Å². The van der Waals surface area contributed by atoms with Crippen LogP contribution in [0.15, 0.2) is 86.0 Å². The van der Waals surface area contributed by atoms with Crippen LogP contribution in [-0.2, 0) is 17.7 Å². The van der Waals surface area contributed by atoms with Gasteiger partial charge in [0.05, 0.1) is 30.4 Å². The van der Waals surface area contributed by atoms with Crippen LogP contribution < -0.4 is 5.48 Å². The van der Waals surface area contributed by atoms with Crippen molar-refractivity contribution in [2.24, 2.45) is 0 Å². The SMILES string of the molecule is CNOCCCc1ccc(CC[C@@H](O)CN2C(=O)c3ccccc3C2=O)cc1.O=C(n1ccnc1)n1ccnc1. The van der Waals surface area contributed by atoms with E-state index in [1.807, 2.05) is 0 Å². The molecule has 11 heteroatoms. The van der Waals surface area contributed by atoms with E-state index in [-0.39, 0.29) is 24.4 Å². The third kappa shape index (κ3) is 7.35. The summed E-state index contributed by atoms with van der Waals surface area (Å²) in [5, 5.41) is 10.3. The number of aryl methyl sites for hydroxylation is 2. The average molecular weight is 545 g/mol. The van der Waals surface area contributed by atoms with Gasteiger partial charge in [0.25, 0.3) is 11.8 Å². The van der Waals surface area contributed by atoms with Gasteiger partial charge in [0.1, 0.15) is 12.7 Å². The highest BCUT2D eigenvalue weighted by molar-refractivity contribution is 6.21. The summed E-state index contributed by atoms with van der Waals surface area (Å²) in [7, 11) is 1.75. The highest BCUT2D eigenvalue weighted by Gasteiger charge is 2.35. The molecule has 1 aliphatic rings. The number of carbonyl (C=O) groups is 3. The number of aliphatic hydroxyl groups excluding tert-OH is 1. The van der Waals surface area contributed by atoms with Gasteiger partial charge in [-0.1, -0.05) is 36.4 Å². The second-order valence-electron chi connectivity index (χ2n) is 9.15. The summed E-state index contributed by atoms with van der Waals surface area (Å²) in [4.78, 5) is 49.9. The number of carbonyl (C=O) groups excluding carboxylic acids is 3. The molecule has 0 spiro atoms. The largest absolute Gasteiger partial charge is 0.391 e. The first kappa shape index (κ1) is 28.6. The summed E-state index contributed by atoms with van der Waals surface area (Å²) in [5.74, 6) is -0.655. The molecule has 0 fully saturated rings. The number of imide groups is 1. The van der Waals surface area contributed by atoms with Crippen LogP contribution in [0, 0.1) is 0 Å². The van der Waals surface area contributed by atoms with Gasteiger partial charge in [-0.3, -0.25) is 23.6 Å². The van der Waals surface area contributed by atoms with Gasteiger partial charge in [-0.2, -0.15) is 0 Å². The fourth-order valence-corrected chi connectivity index (χ4v) is 4.24. The van der Waals surface area contributed by atoms with Crippen LogP contribution in [0.2, 0.25) is 0 Å². The van der Waals surface area contributed by atoms with Gasteiger partial charge in [0.2, 0.25) is 0 Å². The average Bonchev–Trinajstić information content (AvgIpc) is 3.76. The molecule has 2 amide bonds. The molecular formula is C29H32N6O5. The zero-order chi connectivity index (χ0) is 28.3. The van der Waals surface area contributed by atoms with Crippen molar-refractivity contribution >= 4 is 17.8 Å². The number of nitrogens with zero attached hydrogens (tertiary/aromatic N) is 5. The van der Waals surface area contributed by atoms with Gasteiger partial charge < -0.3 is 9.94 Å². The second kappa shape index (κ2) is 14.1. The number of imidazole rings is 2. The quantitative estimate of drug-likeness (QED) is 0.177. The van der Waals surface area contributed by atoms with E-state index in [2.05, 4.69) is 39.7 Å². The van der Waals surface area contributed by atoms with Crippen LogP contribution in [0.1, 0.15) is 44.7 Å². The first-order chi connectivity index (χ1) is 19.5. The van der Waals surface area contributed by atoms with E-state index in [4.69, 9.17) is 4.84 Å². The predicted molar refractivity (Wildman–Crippen MR) is 147 cm³/mol. The smallest absolute Gasteiger partial charge is 0.338 e. The number of fused-ring (bicyclic) bond motifs is 1. The Kier molecular flexibility index (Phi) is 10.1. The Morgan fingerprint density at radius 1 is 0.900 bits per heavy atom. The van der Waals surface area contributed by atoms with Crippen molar-refractivity contribution < 1.29 is 24.3 Å². The van der Waals surface area contributed by atoms with Gasteiger partial charge in [0, 0.05) is 31.8 Å². The number of hydrogen-bond acceptors (Lipinski definition) is 8. The highest BCUT2D eigenvalue weighted by atomic mass is 16.6. The van der Waals surface area contributed by atoms with Crippen molar-refractivity contribution in [1.82, 2.24) is 29.5 Å². The maximum Gasteiger partial charge on any atom is 0.338 e. The minimum absolute atomic E-state index is 0.0237. The summed E-state index contributed by atoms with van der Waals surface area (Å²) < 4.78 is 2.75. The zero-order valence-corrected chi connectivity index (χ0v) is 22.2. The summed E-state index contributed by atoms with van der Waals surface area (Å²) in [6.45, 7) is 0.693. The Hall–Kier alpha value is -4.45. The molecule has 1 atom stereocenters. The summed E-state index contributed by atoms with van der Waals surface area (Å²) in [6.07, 6.45) is 11.5. The van der Waals surface area contributed by atoms with Crippen molar-refractivity contribution in [3.8, 4) is 0 Å². The maximum absolute atomic E-state index is 12.4. The normalized spacial score (nSPS) is 13.1. The Balaban J connectivity index is 0.000000255. The number of hydrogen-bond donors (Lipinski definition) is 2. The Bertz CT molecular complexity index is 1320. The lowest BCUT2D eigenvalue weighted by Gasteiger charge is -2.18. The molecule has 0 saturated heterocycles. The number of nitrogens with one attached hydrogen (secondary N) is 1. The molecule has 1 aliphatic heterocycles. The van der Waals surface area contributed by atoms with Crippen molar-refractivity contribution in [3.05, 3.63) is 108 Å². The van der Waals surface area contributed by atoms with Gasteiger partial charge in [-0.15, -0.1) is 0 Å². The summed E-state index contributed by atoms with van der Waals surface area (Å²) in [6, 6.07) is 14.9. The summed E-state index contributed by atoms with van der Waals surface area (Å²) >= 11 is 0. The molecule has 0 radical (unpaired) electrons. The number of aliphatic hydroxyl groups is 1. The lowest BCUT2D eigenvalue weighted by Crippen LogP contribution is -2.37. The molecule has 0 bridgehead atoms. The molecule has 4 aromatic rings. The zero-order valence-electron chi connectivity index (χ0n) is 22.2.